The van der Waals surface area contributed by atoms with Crippen LogP contribution in [0.1, 0.15) is 24.3 Å². The van der Waals surface area contributed by atoms with E-state index in [1.54, 1.807) is 6.20 Å². The Morgan fingerprint density at radius 3 is 2.59 bits per heavy atom. The molecule has 1 N–H and O–H groups in total. The number of carbonyl (C=O) groups excluding carboxylic acids is 1. The van der Waals surface area contributed by atoms with Crippen LogP contribution in [-0.2, 0) is 17.6 Å². The molecule has 0 saturated carbocycles. The molecule has 1 heterocycles. The van der Waals surface area contributed by atoms with Crippen molar-refractivity contribution < 1.29 is 9.21 Å². The van der Waals surface area contributed by atoms with Crippen LogP contribution in [0.3, 0.4) is 0 Å². The van der Waals surface area contributed by atoms with Gasteiger partial charge in [-0.2, -0.15) is 0 Å². The predicted molar refractivity (Wildman–Crippen MR) is 117 cm³/mol. The summed E-state index contributed by atoms with van der Waals surface area (Å²) in [5.41, 5.74) is 3.26. The minimum absolute atomic E-state index is 0.00505. The summed E-state index contributed by atoms with van der Waals surface area (Å²) in [4.78, 5) is 18.4. The van der Waals surface area contributed by atoms with Gasteiger partial charge in [-0.05, 0) is 42.7 Å². The molecule has 0 unspecified atom stereocenters. The average Bonchev–Trinajstić information content (AvgIpc) is 3.19. The van der Waals surface area contributed by atoms with Gasteiger partial charge in [0.25, 0.3) is 0 Å². The van der Waals surface area contributed by atoms with Crippen LogP contribution in [0.2, 0.25) is 5.02 Å². The minimum Gasteiger partial charge on any atom is -0.441 e. The number of oxazole rings is 1. The van der Waals surface area contributed by atoms with Crippen LogP contribution in [0.5, 0.6) is 0 Å². The first-order valence-electron chi connectivity index (χ1n) is 9.75. The summed E-state index contributed by atoms with van der Waals surface area (Å²) >= 11 is 6.18. The Balaban J connectivity index is 1.38. The largest absolute Gasteiger partial charge is 0.441 e. The summed E-state index contributed by atoms with van der Waals surface area (Å²) in [6, 6.07) is 15.9. The highest BCUT2D eigenvalue weighted by atomic mass is 35.5. The van der Waals surface area contributed by atoms with Gasteiger partial charge in [-0.25, -0.2) is 4.98 Å². The lowest BCUT2D eigenvalue weighted by atomic mass is 10.1. The number of aryl methyl sites for hydroxylation is 2. The molecule has 0 aliphatic carbocycles. The van der Waals surface area contributed by atoms with Gasteiger partial charge in [0.1, 0.15) is 0 Å². The number of aromatic nitrogens is 1. The Morgan fingerprint density at radius 1 is 1.10 bits per heavy atom. The number of hydrogen-bond donors (Lipinski definition) is 1. The molecule has 3 rings (SSSR count). The molecule has 5 nitrogen and oxygen atoms in total. The van der Waals surface area contributed by atoms with E-state index in [-0.39, 0.29) is 5.91 Å². The van der Waals surface area contributed by atoms with Crippen LogP contribution in [0, 0.1) is 0 Å². The molecule has 0 saturated heterocycles. The second-order valence-corrected chi connectivity index (χ2v) is 7.52. The van der Waals surface area contributed by atoms with Gasteiger partial charge in [-0.3, -0.25) is 4.79 Å². The van der Waals surface area contributed by atoms with Crippen molar-refractivity contribution in [1.29, 1.82) is 0 Å². The van der Waals surface area contributed by atoms with Gasteiger partial charge >= 0.3 is 0 Å². The molecule has 3 aromatic rings. The van der Waals surface area contributed by atoms with Gasteiger partial charge < -0.3 is 14.6 Å². The van der Waals surface area contributed by atoms with Gasteiger partial charge in [0.2, 0.25) is 5.91 Å². The predicted octanol–water partition coefficient (Wildman–Crippen LogP) is 4.74. The SMILES string of the molecule is CN(C)c1ccc(CCCNC(=O)CCc2ncc(-c3ccccc3Cl)o2)cc1. The molecule has 152 valence electrons. The van der Waals surface area contributed by atoms with E-state index in [0.717, 1.165) is 18.4 Å². The van der Waals surface area contributed by atoms with E-state index in [1.807, 2.05) is 38.4 Å². The smallest absolute Gasteiger partial charge is 0.220 e. The molecule has 6 heteroatoms. The molecule has 0 spiro atoms. The number of rotatable bonds is 9. The van der Waals surface area contributed by atoms with E-state index in [2.05, 4.69) is 39.5 Å². The third-order valence-electron chi connectivity index (χ3n) is 4.68. The van der Waals surface area contributed by atoms with Crippen molar-refractivity contribution in [3.05, 3.63) is 71.2 Å². The van der Waals surface area contributed by atoms with E-state index in [9.17, 15) is 4.79 Å². The van der Waals surface area contributed by atoms with Crippen molar-refractivity contribution in [2.24, 2.45) is 0 Å². The second kappa shape index (κ2) is 10.1. The highest BCUT2D eigenvalue weighted by molar-refractivity contribution is 6.33. The first kappa shape index (κ1) is 20.9. The zero-order chi connectivity index (χ0) is 20.6. The van der Waals surface area contributed by atoms with Gasteiger partial charge in [-0.1, -0.05) is 35.9 Å². The molecule has 0 bridgehead atoms. The summed E-state index contributed by atoms with van der Waals surface area (Å²) in [7, 11) is 4.06. The van der Waals surface area contributed by atoms with E-state index in [4.69, 9.17) is 16.0 Å². The number of nitrogens with zero attached hydrogens (tertiary/aromatic N) is 2. The quantitative estimate of drug-likeness (QED) is 0.516. The standard InChI is InChI=1S/C23H26ClN3O2/c1-27(2)18-11-9-17(10-12-18)6-5-15-25-22(28)13-14-23-26-16-21(29-23)19-7-3-4-8-20(19)24/h3-4,7-12,16H,5-6,13-15H2,1-2H3,(H,25,28). The molecule has 0 aliphatic heterocycles. The summed E-state index contributed by atoms with van der Waals surface area (Å²) in [5.74, 6) is 1.16. The number of nitrogens with one attached hydrogen (secondary N) is 1. The lowest BCUT2D eigenvalue weighted by Crippen LogP contribution is -2.25. The third kappa shape index (κ3) is 6.09. The lowest BCUT2D eigenvalue weighted by molar-refractivity contribution is -0.121. The van der Waals surface area contributed by atoms with Crippen LogP contribution < -0.4 is 10.2 Å². The minimum atomic E-state index is 0.00505. The number of anilines is 1. The topological polar surface area (TPSA) is 58.4 Å². The number of hydrogen-bond acceptors (Lipinski definition) is 4. The number of amides is 1. The van der Waals surface area contributed by atoms with Gasteiger partial charge in [0.05, 0.1) is 11.2 Å². The fourth-order valence-electron chi connectivity index (χ4n) is 3.00. The normalized spacial score (nSPS) is 10.7. The molecular weight excluding hydrogens is 386 g/mol. The molecular formula is C23H26ClN3O2. The average molecular weight is 412 g/mol. The highest BCUT2D eigenvalue weighted by Crippen LogP contribution is 2.28. The Bertz CT molecular complexity index is 935. The zero-order valence-electron chi connectivity index (χ0n) is 16.8. The van der Waals surface area contributed by atoms with Crippen molar-refractivity contribution in [3.63, 3.8) is 0 Å². The summed E-state index contributed by atoms with van der Waals surface area (Å²) in [5, 5.41) is 3.58. The third-order valence-corrected chi connectivity index (χ3v) is 5.01. The molecule has 0 radical (unpaired) electrons. The number of benzene rings is 2. The van der Waals surface area contributed by atoms with E-state index >= 15 is 0 Å². The van der Waals surface area contributed by atoms with Crippen molar-refractivity contribution >= 4 is 23.2 Å². The summed E-state index contributed by atoms with van der Waals surface area (Å²) in [6.07, 6.45) is 4.30. The maximum absolute atomic E-state index is 12.1. The Kier molecular flexibility index (Phi) is 7.30. The molecule has 1 amide bonds. The van der Waals surface area contributed by atoms with Crippen molar-refractivity contribution in [1.82, 2.24) is 10.3 Å². The van der Waals surface area contributed by atoms with E-state index < -0.39 is 0 Å². The molecule has 0 fully saturated rings. The van der Waals surface area contributed by atoms with Crippen LogP contribution >= 0.6 is 11.6 Å². The van der Waals surface area contributed by atoms with Crippen molar-refractivity contribution in [2.45, 2.75) is 25.7 Å². The van der Waals surface area contributed by atoms with Gasteiger partial charge in [0.15, 0.2) is 11.7 Å². The summed E-state index contributed by atoms with van der Waals surface area (Å²) in [6.45, 7) is 0.657. The van der Waals surface area contributed by atoms with E-state index in [1.165, 1.54) is 11.3 Å². The van der Waals surface area contributed by atoms with Crippen LogP contribution in [0.15, 0.2) is 59.1 Å². The van der Waals surface area contributed by atoms with Gasteiger partial charge in [0, 0.05) is 44.7 Å². The molecule has 0 aliphatic rings. The maximum atomic E-state index is 12.1. The van der Waals surface area contributed by atoms with Crippen LogP contribution in [0.4, 0.5) is 5.69 Å². The van der Waals surface area contributed by atoms with E-state index in [0.29, 0.717) is 36.1 Å². The highest BCUT2D eigenvalue weighted by Gasteiger charge is 2.11. The Morgan fingerprint density at radius 2 is 1.86 bits per heavy atom. The summed E-state index contributed by atoms with van der Waals surface area (Å²) < 4.78 is 5.73. The molecule has 29 heavy (non-hydrogen) atoms. The van der Waals surface area contributed by atoms with Gasteiger partial charge in [-0.15, -0.1) is 0 Å². The first-order valence-corrected chi connectivity index (χ1v) is 10.1. The monoisotopic (exact) mass is 411 g/mol. The van der Waals surface area contributed by atoms with Crippen LogP contribution in [-0.4, -0.2) is 31.5 Å². The zero-order valence-corrected chi connectivity index (χ0v) is 17.6. The molecule has 2 aromatic carbocycles. The van der Waals surface area contributed by atoms with Crippen molar-refractivity contribution in [3.8, 4) is 11.3 Å². The Hall–Kier alpha value is -2.79. The number of carbonyl (C=O) groups is 1. The lowest BCUT2D eigenvalue weighted by Gasteiger charge is -2.12. The number of halogens is 1. The van der Waals surface area contributed by atoms with Crippen molar-refractivity contribution in [2.75, 3.05) is 25.5 Å². The molecule has 0 atom stereocenters. The second-order valence-electron chi connectivity index (χ2n) is 7.11. The Labute approximate surface area is 176 Å². The maximum Gasteiger partial charge on any atom is 0.220 e. The van der Waals surface area contributed by atoms with Crippen LogP contribution in [0.25, 0.3) is 11.3 Å². The fraction of sp³-hybridized carbons (Fsp3) is 0.304. The first-order chi connectivity index (χ1) is 14.0. The fourth-order valence-corrected chi connectivity index (χ4v) is 3.23. The molecule has 1 aromatic heterocycles.